The van der Waals surface area contributed by atoms with Crippen molar-refractivity contribution in [3.63, 3.8) is 0 Å². The van der Waals surface area contributed by atoms with Crippen molar-refractivity contribution in [2.75, 3.05) is 0 Å². The molecule has 0 spiro atoms. The number of rotatable bonds is 2. The van der Waals surface area contributed by atoms with E-state index in [-0.39, 0.29) is 5.57 Å². The van der Waals surface area contributed by atoms with E-state index in [2.05, 4.69) is 4.98 Å². The molecule has 1 heterocycles. The van der Waals surface area contributed by atoms with Crippen molar-refractivity contribution in [2.24, 2.45) is 0 Å². The maximum absolute atomic E-state index is 11.7. The number of hydrogen-bond donors (Lipinski definition) is 0. The van der Waals surface area contributed by atoms with Gasteiger partial charge in [-0.3, -0.25) is 4.98 Å². The molecule has 1 aromatic heterocycles. The minimum Gasteiger partial charge on any atom is -0.456 e. The second-order valence-electron chi connectivity index (χ2n) is 4.43. The molecule has 0 amide bonds. The van der Waals surface area contributed by atoms with Gasteiger partial charge in [0.1, 0.15) is 17.2 Å². The zero-order chi connectivity index (χ0) is 12.9. The Balaban J connectivity index is 2.90. The Morgan fingerprint density at radius 2 is 2.18 bits per heavy atom. The van der Waals surface area contributed by atoms with Gasteiger partial charge in [0.2, 0.25) is 0 Å². The Hall–Kier alpha value is -2.15. The van der Waals surface area contributed by atoms with Crippen molar-refractivity contribution in [3.05, 3.63) is 35.7 Å². The molecule has 0 N–H and O–H groups in total. The topological polar surface area (TPSA) is 63.0 Å². The van der Waals surface area contributed by atoms with Crippen molar-refractivity contribution in [1.82, 2.24) is 4.98 Å². The van der Waals surface area contributed by atoms with E-state index in [1.54, 1.807) is 45.2 Å². The zero-order valence-corrected chi connectivity index (χ0v) is 10.1. The van der Waals surface area contributed by atoms with Crippen LogP contribution < -0.4 is 0 Å². The van der Waals surface area contributed by atoms with Crippen LogP contribution in [0.4, 0.5) is 0 Å². The first-order valence-corrected chi connectivity index (χ1v) is 5.18. The Morgan fingerprint density at radius 1 is 1.47 bits per heavy atom. The molecule has 0 fully saturated rings. The van der Waals surface area contributed by atoms with Gasteiger partial charge in [0.05, 0.1) is 5.69 Å². The summed E-state index contributed by atoms with van der Waals surface area (Å²) < 4.78 is 5.11. The molecule has 88 valence electrons. The van der Waals surface area contributed by atoms with Gasteiger partial charge in [0.15, 0.2) is 0 Å². The summed E-state index contributed by atoms with van der Waals surface area (Å²) in [6.45, 7) is 5.25. The summed E-state index contributed by atoms with van der Waals surface area (Å²) in [4.78, 5) is 15.7. The SMILES string of the molecule is CC(C)(C)OC(=O)C(C#N)=Cc1ccccn1. The molecule has 1 rings (SSSR count). The summed E-state index contributed by atoms with van der Waals surface area (Å²) in [5.74, 6) is -0.634. The molecule has 0 saturated heterocycles. The number of ether oxygens (including phenoxy) is 1. The number of hydrogen-bond acceptors (Lipinski definition) is 4. The van der Waals surface area contributed by atoms with Crippen LogP contribution in [-0.2, 0) is 9.53 Å². The molecule has 0 aliphatic rings. The Bertz CT molecular complexity index is 464. The van der Waals surface area contributed by atoms with Crippen LogP contribution in [0.3, 0.4) is 0 Å². The number of aromatic nitrogens is 1. The lowest BCUT2D eigenvalue weighted by Crippen LogP contribution is -2.24. The minimum absolute atomic E-state index is 0.0568. The Morgan fingerprint density at radius 3 is 2.65 bits per heavy atom. The number of nitrogens with zero attached hydrogens (tertiary/aromatic N) is 2. The number of esters is 1. The summed E-state index contributed by atoms with van der Waals surface area (Å²) in [6, 6.07) is 7.07. The van der Waals surface area contributed by atoms with Gasteiger partial charge >= 0.3 is 5.97 Å². The molecular weight excluding hydrogens is 216 g/mol. The highest BCUT2D eigenvalue weighted by Crippen LogP contribution is 2.12. The van der Waals surface area contributed by atoms with Gasteiger partial charge in [0.25, 0.3) is 0 Å². The third-order valence-corrected chi connectivity index (χ3v) is 1.72. The second kappa shape index (κ2) is 5.26. The molecule has 0 saturated carbocycles. The van der Waals surface area contributed by atoms with Gasteiger partial charge in [-0.05, 0) is 39.0 Å². The summed E-state index contributed by atoms with van der Waals surface area (Å²) in [5, 5.41) is 8.91. The maximum Gasteiger partial charge on any atom is 0.349 e. The molecule has 0 aromatic carbocycles. The van der Waals surface area contributed by atoms with Gasteiger partial charge in [-0.15, -0.1) is 0 Å². The zero-order valence-electron chi connectivity index (χ0n) is 10.1. The third-order valence-electron chi connectivity index (χ3n) is 1.72. The highest BCUT2D eigenvalue weighted by atomic mass is 16.6. The first-order valence-electron chi connectivity index (χ1n) is 5.18. The number of carbonyl (C=O) groups excluding carboxylic acids is 1. The highest BCUT2D eigenvalue weighted by Gasteiger charge is 2.19. The van der Waals surface area contributed by atoms with Crippen LogP contribution in [0.25, 0.3) is 6.08 Å². The fourth-order valence-corrected chi connectivity index (χ4v) is 1.08. The predicted octanol–water partition coefficient (Wildman–Crippen LogP) is 2.33. The standard InChI is InChI=1S/C13H14N2O2/c1-13(2,3)17-12(16)10(9-14)8-11-6-4-5-7-15-11/h4-8H,1-3H3. The molecule has 0 bridgehead atoms. The summed E-state index contributed by atoms with van der Waals surface area (Å²) in [6.07, 6.45) is 3.00. The number of nitriles is 1. The van der Waals surface area contributed by atoms with Crippen molar-refractivity contribution in [3.8, 4) is 6.07 Å². The fourth-order valence-electron chi connectivity index (χ4n) is 1.08. The molecule has 0 aliphatic carbocycles. The molecule has 0 aliphatic heterocycles. The monoisotopic (exact) mass is 230 g/mol. The second-order valence-corrected chi connectivity index (χ2v) is 4.43. The van der Waals surface area contributed by atoms with E-state index in [4.69, 9.17) is 10.00 Å². The van der Waals surface area contributed by atoms with Crippen molar-refractivity contribution < 1.29 is 9.53 Å². The van der Waals surface area contributed by atoms with Crippen LogP contribution in [-0.4, -0.2) is 16.6 Å². The third kappa shape index (κ3) is 4.47. The first-order chi connectivity index (χ1) is 7.92. The fraction of sp³-hybridized carbons (Fsp3) is 0.308. The minimum atomic E-state index is -0.634. The largest absolute Gasteiger partial charge is 0.456 e. The molecule has 4 nitrogen and oxygen atoms in total. The lowest BCUT2D eigenvalue weighted by atomic mass is 10.1. The molecule has 4 heteroatoms. The van der Waals surface area contributed by atoms with Gasteiger partial charge in [0, 0.05) is 6.20 Å². The van der Waals surface area contributed by atoms with E-state index in [0.717, 1.165) is 0 Å². The normalized spacial score (nSPS) is 11.8. The Labute approximate surface area is 101 Å². The first kappa shape index (κ1) is 12.9. The van der Waals surface area contributed by atoms with Gasteiger partial charge in [-0.25, -0.2) is 4.79 Å². The average Bonchev–Trinajstić information content (AvgIpc) is 2.24. The van der Waals surface area contributed by atoms with Crippen LogP contribution >= 0.6 is 0 Å². The average molecular weight is 230 g/mol. The van der Waals surface area contributed by atoms with Crippen LogP contribution in [0.5, 0.6) is 0 Å². The quantitative estimate of drug-likeness (QED) is 0.444. The summed E-state index contributed by atoms with van der Waals surface area (Å²) >= 11 is 0. The van der Waals surface area contributed by atoms with E-state index in [1.807, 2.05) is 6.07 Å². The molecule has 0 atom stereocenters. The predicted molar refractivity (Wildman–Crippen MR) is 63.7 cm³/mol. The Kier molecular flexibility index (Phi) is 4.00. The van der Waals surface area contributed by atoms with Gasteiger partial charge in [-0.1, -0.05) is 6.07 Å². The van der Waals surface area contributed by atoms with E-state index in [9.17, 15) is 4.79 Å². The summed E-state index contributed by atoms with van der Waals surface area (Å²) in [5.41, 5.74) is -0.120. The molecule has 0 radical (unpaired) electrons. The molecular formula is C13H14N2O2. The van der Waals surface area contributed by atoms with Gasteiger partial charge in [-0.2, -0.15) is 5.26 Å². The highest BCUT2D eigenvalue weighted by molar-refractivity contribution is 5.97. The lowest BCUT2D eigenvalue weighted by molar-refractivity contribution is -0.149. The van der Waals surface area contributed by atoms with Crippen LogP contribution in [0, 0.1) is 11.3 Å². The smallest absolute Gasteiger partial charge is 0.349 e. The van der Waals surface area contributed by atoms with Crippen LogP contribution in [0.2, 0.25) is 0 Å². The number of pyridine rings is 1. The van der Waals surface area contributed by atoms with E-state index >= 15 is 0 Å². The van der Waals surface area contributed by atoms with Crippen molar-refractivity contribution in [2.45, 2.75) is 26.4 Å². The lowest BCUT2D eigenvalue weighted by Gasteiger charge is -2.18. The van der Waals surface area contributed by atoms with E-state index in [1.165, 1.54) is 6.08 Å². The maximum atomic E-state index is 11.7. The van der Waals surface area contributed by atoms with Crippen LogP contribution in [0.15, 0.2) is 30.0 Å². The molecule has 1 aromatic rings. The number of carbonyl (C=O) groups is 1. The van der Waals surface area contributed by atoms with Gasteiger partial charge < -0.3 is 4.74 Å². The van der Waals surface area contributed by atoms with Crippen LogP contribution in [0.1, 0.15) is 26.5 Å². The molecule has 17 heavy (non-hydrogen) atoms. The molecule has 0 unspecified atom stereocenters. The van der Waals surface area contributed by atoms with Crippen molar-refractivity contribution >= 4 is 12.0 Å². The van der Waals surface area contributed by atoms with E-state index in [0.29, 0.717) is 5.69 Å². The van der Waals surface area contributed by atoms with E-state index < -0.39 is 11.6 Å². The van der Waals surface area contributed by atoms with Crippen molar-refractivity contribution in [1.29, 1.82) is 5.26 Å². The summed E-state index contributed by atoms with van der Waals surface area (Å²) in [7, 11) is 0.